The van der Waals surface area contributed by atoms with Crippen molar-refractivity contribution in [2.24, 2.45) is 5.73 Å². The Labute approximate surface area is 160 Å². The fraction of sp³-hybridized carbons (Fsp3) is 0.167. The SMILES string of the molecule is CNC(=O)COc1cc(C(=N)N)ccc1CNC(=O)c1cc(F)cc(Cl)c1. The number of benzene rings is 2. The number of nitrogens with two attached hydrogens (primary N) is 1. The van der Waals surface area contributed by atoms with Gasteiger partial charge in [0.1, 0.15) is 17.4 Å². The molecule has 5 N–H and O–H groups in total. The second kappa shape index (κ2) is 9.00. The number of likely N-dealkylation sites (N-methyl/N-ethyl adjacent to an activating group) is 1. The first kappa shape index (κ1) is 20.2. The number of ether oxygens (including phenoxy) is 1. The quantitative estimate of drug-likeness (QED) is 0.424. The van der Waals surface area contributed by atoms with Crippen LogP contribution in [0.4, 0.5) is 4.39 Å². The van der Waals surface area contributed by atoms with Crippen LogP contribution in [-0.4, -0.2) is 31.3 Å². The molecule has 7 nitrogen and oxygen atoms in total. The molecular weight excluding hydrogens is 375 g/mol. The van der Waals surface area contributed by atoms with Crippen molar-refractivity contribution >= 4 is 29.3 Å². The molecule has 2 amide bonds. The number of amidine groups is 1. The van der Waals surface area contributed by atoms with Gasteiger partial charge in [-0.05, 0) is 24.3 Å². The second-order valence-electron chi connectivity index (χ2n) is 5.54. The molecule has 0 bridgehead atoms. The Kier molecular flexibility index (Phi) is 6.73. The number of carbonyl (C=O) groups is 2. The summed E-state index contributed by atoms with van der Waals surface area (Å²) in [5, 5.41) is 12.7. The number of amides is 2. The fourth-order valence-corrected chi connectivity index (χ4v) is 2.40. The van der Waals surface area contributed by atoms with Crippen LogP contribution in [0, 0.1) is 11.2 Å². The van der Waals surface area contributed by atoms with Gasteiger partial charge in [-0.25, -0.2) is 4.39 Å². The molecule has 2 aromatic rings. The van der Waals surface area contributed by atoms with E-state index >= 15 is 0 Å². The maximum atomic E-state index is 13.4. The van der Waals surface area contributed by atoms with Crippen LogP contribution in [0.2, 0.25) is 5.02 Å². The highest BCUT2D eigenvalue weighted by atomic mass is 35.5. The van der Waals surface area contributed by atoms with Crippen LogP contribution >= 0.6 is 11.6 Å². The molecule has 0 heterocycles. The molecule has 0 aromatic heterocycles. The van der Waals surface area contributed by atoms with Crippen molar-refractivity contribution in [2.45, 2.75) is 6.54 Å². The largest absolute Gasteiger partial charge is 0.483 e. The molecule has 0 saturated heterocycles. The predicted octanol–water partition coefficient (Wildman–Crippen LogP) is 1.82. The van der Waals surface area contributed by atoms with Gasteiger partial charge < -0.3 is 21.1 Å². The molecule has 0 aliphatic carbocycles. The maximum Gasteiger partial charge on any atom is 0.257 e. The van der Waals surface area contributed by atoms with Crippen LogP contribution in [0.1, 0.15) is 21.5 Å². The van der Waals surface area contributed by atoms with Crippen LogP contribution in [0.5, 0.6) is 5.75 Å². The molecule has 0 fully saturated rings. The Hall–Kier alpha value is -3.13. The number of nitrogen functional groups attached to an aromatic ring is 1. The molecule has 142 valence electrons. The van der Waals surface area contributed by atoms with E-state index < -0.39 is 11.7 Å². The maximum absolute atomic E-state index is 13.4. The van der Waals surface area contributed by atoms with Gasteiger partial charge in [-0.1, -0.05) is 23.7 Å². The van der Waals surface area contributed by atoms with Gasteiger partial charge in [-0.15, -0.1) is 0 Å². The highest BCUT2D eigenvalue weighted by Crippen LogP contribution is 2.21. The smallest absolute Gasteiger partial charge is 0.257 e. The molecule has 0 aliphatic rings. The van der Waals surface area contributed by atoms with E-state index in [1.54, 1.807) is 12.1 Å². The number of halogens is 2. The minimum absolute atomic E-state index is 0.0498. The van der Waals surface area contributed by atoms with Crippen LogP contribution in [-0.2, 0) is 11.3 Å². The first-order chi connectivity index (χ1) is 12.8. The van der Waals surface area contributed by atoms with E-state index in [1.165, 1.54) is 19.2 Å². The number of carbonyl (C=O) groups excluding carboxylic acids is 2. The summed E-state index contributed by atoms with van der Waals surface area (Å²) in [4.78, 5) is 23.6. The zero-order valence-corrected chi connectivity index (χ0v) is 15.2. The zero-order valence-electron chi connectivity index (χ0n) is 14.4. The van der Waals surface area contributed by atoms with E-state index in [1.807, 2.05) is 0 Å². The van der Waals surface area contributed by atoms with Crippen LogP contribution < -0.4 is 21.1 Å². The second-order valence-corrected chi connectivity index (χ2v) is 5.98. The van der Waals surface area contributed by atoms with E-state index in [0.717, 1.165) is 12.1 Å². The molecule has 0 aliphatic heterocycles. The Morgan fingerprint density at radius 2 is 1.96 bits per heavy atom. The molecule has 2 rings (SSSR count). The van der Waals surface area contributed by atoms with Crippen molar-refractivity contribution in [3.05, 3.63) is 63.9 Å². The summed E-state index contributed by atoms with van der Waals surface area (Å²) in [5.74, 6) is -1.35. The van der Waals surface area contributed by atoms with Crippen molar-refractivity contribution in [1.29, 1.82) is 5.41 Å². The zero-order chi connectivity index (χ0) is 20.0. The van der Waals surface area contributed by atoms with Gasteiger partial charge in [0.2, 0.25) is 0 Å². The average Bonchev–Trinajstić information content (AvgIpc) is 2.63. The third kappa shape index (κ3) is 5.68. The topological polar surface area (TPSA) is 117 Å². The summed E-state index contributed by atoms with van der Waals surface area (Å²) in [6.07, 6.45) is 0. The minimum Gasteiger partial charge on any atom is -0.483 e. The monoisotopic (exact) mass is 392 g/mol. The Morgan fingerprint density at radius 3 is 2.59 bits per heavy atom. The summed E-state index contributed by atoms with van der Waals surface area (Å²) in [5.41, 5.74) is 6.52. The predicted molar refractivity (Wildman–Crippen MR) is 99.6 cm³/mol. The van der Waals surface area contributed by atoms with E-state index in [0.29, 0.717) is 16.9 Å². The van der Waals surface area contributed by atoms with Crippen molar-refractivity contribution < 1.29 is 18.7 Å². The van der Waals surface area contributed by atoms with E-state index in [2.05, 4.69) is 10.6 Å². The molecule has 0 unspecified atom stereocenters. The van der Waals surface area contributed by atoms with Crippen molar-refractivity contribution in [3.63, 3.8) is 0 Å². The van der Waals surface area contributed by atoms with Gasteiger partial charge in [0.05, 0.1) is 0 Å². The van der Waals surface area contributed by atoms with Crippen molar-refractivity contribution in [2.75, 3.05) is 13.7 Å². The number of hydrogen-bond acceptors (Lipinski definition) is 4. The molecule has 0 atom stereocenters. The summed E-state index contributed by atoms with van der Waals surface area (Å²) in [6, 6.07) is 8.24. The molecule has 0 saturated carbocycles. The normalized spacial score (nSPS) is 10.2. The summed E-state index contributed by atoms with van der Waals surface area (Å²) in [6.45, 7) is -0.188. The van der Waals surface area contributed by atoms with Gasteiger partial charge in [0.15, 0.2) is 6.61 Å². The van der Waals surface area contributed by atoms with Crippen LogP contribution in [0.3, 0.4) is 0 Å². The first-order valence-electron chi connectivity index (χ1n) is 7.85. The molecule has 9 heteroatoms. The lowest BCUT2D eigenvalue weighted by atomic mass is 10.1. The third-order valence-corrected chi connectivity index (χ3v) is 3.80. The molecule has 0 spiro atoms. The standard InChI is InChI=1S/C18H18ClFN4O3/c1-23-16(25)9-27-15-6-10(17(21)22)2-3-11(15)8-24-18(26)12-4-13(19)7-14(20)5-12/h2-7H,8-9H2,1H3,(H3,21,22)(H,23,25)(H,24,26). The highest BCUT2D eigenvalue weighted by Gasteiger charge is 2.12. The summed E-state index contributed by atoms with van der Waals surface area (Å²) < 4.78 is 18.9. The molecule has 0 radical (unpaired) electrons. The third-order valence-electron chi connectivity index (χ3n) is 3.58. The Morgan fingerprint density at radius 1 is 1.22 bits per heavy atom. The summed E-state index contributed by atoms with van der Waals surface area (Å²) >= 11 is 5.76. The lowest BCUT2D eigenvalue weighted by Crippen LogP contribution is -2.26. The average molecular weight is 393 g/mol. The number of hydrogen-bond donors (Lipinski definition) is 4. The minimum atomic E-state index is -0.618. The van der Waals surface area contributed by atoms with E-state index in [-0.39, 0.29) is 35.5 Å². The molecular formula is C18H18ClFN4O3. The van der Waals surface area contributed by atoms with E-state index in [9.17, 15) is 14.0 Å². The van der Waals surface area contributed by atoms with Gasteiger partial charge in [0.25, 0.3) is 11.8 Å². The fourth-order valence-electron chi connectivity index (χ4n) is 2.18. The van der Waals surface area contributed by atoms with Crippen molar-refractivity contribution in [3.8, 4) is 5.75 Å². The first-order valence-corrected chi connectivity index (χ1v) is 8.23. The molecule has 27 heavy (non-hydrogen) atoms. The van der Waals surface area contributed by atoms with Crippen LogP contribution in [0.15, 0.2) is 36.4 Å². The van der Waals surface area contributed by atoms with Gasteiger partial charge in [0, 0.05) is 35.3 Å². The lowest BCUT2D eigenvalue weighted by Gasteiger charge is -2.13. The lowest BCUT2D eigenvalue weighted by molar-refractivity contribution is -0.122. The number of rotatable bonds is 7. The van der Waals surface area contributed by atoms with Crippen molar-refractivity contribution in [1.82, 2.24) is 10.6 Å². The Bertz CT molecular complexity index is 869. The molecule has 2 aromatic carbocycles. The number of nitrogens with one attached hydrogen (secondary N) is 3. The van der Waals surface area contributed by atoms with Gasteiger partial charge in [-0.3, -0.25) is 15.0 Å². The van der Waals surface area contributed by atoms with E-state index in [4.69, 9.17) is 27.5 Å². The van der Waals surface area contributed by atoms with Gasteiger partial charge in [-0.2, -0.15) is 0 Å². The van der Waals surface area contributed by atoms with Gasteiger partial charge >= 0.3 is 0 Å². The summed E-state index contributed by atoms with van der Waals surface area (Å²) in [7, 11) is 1.48. The van der Waals surface area contributed by atoms with Crippen LogP contribution in [0.25, 0.3) is 0 Å². The highest BCUT2D eigenvalue weighted by molar-refractivity contribution is 6.31. The Balaban J connectivity index is 2.17.